The van der Waals surface area contributed by atoms with Crippen LogP contribution in [0.4, 0.5) is 0 Å². The van der Waals surface area contributed by atoms with E-state index in [4.69, 9.17) is 5.73 Å². The molecule has 0 aromatic rings. The van der Waals surface area contributed by atoms with Crippen molar-refractivity contribution in [2.45, 2.75) is 71.3 Å². The van der Waals surface area contributed by atoms with Crippen LogP contribution in [0.3, 0.4) is 0 Å². The molecule has 11 nitrogen and oxygen atoms in total. The van der Waals surface area contributed by atoms with Gasteiger partial charge < -0.3 is 37.0 Å². The maximum atomic E-state index is 12.6. The van der Waals surface area contributed by atoms with Crippen molar-refractivity contribution in [2.24, 2.45) is 17.6 Å². The lowest BCUT2D eigenvalue weighted by molar-refractivity contribution is -0.143. The number of hydrogen-bond donors (Lipinski definition) is 7. The van der Waals surface area contributed by atoms with Gasteiger partial charge in [-0.3, -0.25) is 14.4 Å². The lowest BCUT2D eigenvalue weighted by Gasteiger charge is -2.27. The zero-order valence-electron chi connectivity index (χ0n) is 17.5. The molecule has 8 N–H and O–H groups in total. The first-order valence-electron chi connectivity index (χ1n) is 9.50. The molecular weight excluding hydrogens is 384 g/mol. The maximum absolute atomic E-state index is 12.6. The number of nitrogens with two attached hydrogens (primary N) is 1. The number of aliphatic hydroxyl groups excluding tert-OH is 2. The third kappa shape index (κ3) is 9.20. The highest BCUT2D eigenvalue weighted by molar-refractivity contribution is 5.94. The number of carbonyl (C=O) groups is 4. The summed E-state index contributed by atoms with van der Waals surface area (Å²) in [7, 11) is 0. The van der Waals surface area contributed by atoms with Crippen molar-refractivity contribution in [3.8, 4) is 0 Å². The van der Waals surface area contributed by atoms with Gasteiger partial charge in [0.25, 0.3) is 0 Å². The number of carboxylic acids is 1. The normalized spacial score (nSPS) is 16.5. The minimum absolute atomic E-state index is 0.0237. The average Bonchev–Trinajstić information content (AvgIpc) is 2.61. The van der Waals surface area contributed by atoms with Gasteiger partial charge in [-0.25, -0.2) is 4.79 Å². The lowest BCUT2D eigenvalue weighted by atomic mass is 10.00. The summed E-state index contributed by atoms with van der Waals surface area (Å²) in [6, 6.07) is -4.90. The van der Waals surface area contributed by atoms with Crippen molar-refractivity contribution < 1.29 is 34.5 Å². The number of hydrogen-bond acceptors (Lipinski definition) is 7. The van der Waals surface area contributed by atoms with E-state index in [1.165, 1.54) is 6.92 Å². The van der Waals surface area contributed by atoms with E-state index in [2.05, 4.69) is 16.0 Å². The molecule has 0 aromatic heterocycles. The Morgan fingerprint density at radius 1 is 0.862 bits per heavy atom. The standard InChI is InChI=1S/C18H34N4O7/c1-8(2)6-11(18(28)29)20-17(27)14(9(3)4)22-15(25)12(7-23)21-16(26)13(19)10(5)24/h8-14,23-24H,6-7,19H2,1-5H3,(H,20,27)(H,21,26)(H,22,25)(H,28,29). The molecule has 0 bridgehead atoms. The number of rotatable bonds is 12. The largest absolute Gasteiger partial charge is 0.480 e. The Morgan fingerprint density at radius 3 is 1.76 bits per heavy atom. The van der Waals surface area contributed by atoms with E-state index in [1.54, 1.807) is 13.8 Å². The molecule has 5 unspecified atom stereocenters. The molecule has 0 aliphatic rings. The lowest BCUT2D eigenvalue weighted by Crippen LogP contribution is -2.60. The van der Waals surface area contributed by atoms with E-state index in [0.29, 0.717) is 0 Å². The number of carbonyl (C=O) groups excluding carboxylic acids is 3. The fourth-order valence-corrected chi connectivity index (χ4v) is 2.42. The third-order valence-corrected chi connectivity index (χ3v) is 4.21. The second-order valence-electron chi connectivity index (χ2n) is 7.77. The Morgan fingerprint density at radius 2 is 1.38 bits per heavy atom. The van der Waals surface area contributed by atoms with E-state index >= 15 is 0 Å². The Hall–Kier alpha value is -2.24. The van der Waals surface area contributed by atoms with Crippen LogP contribution in [0.15, 0.2) is 0 Å². The van der Waals surface area contributed by atoms with Gasteiger partial charge in [0.15, 0.2) is 0 Å². The van der Waals surface area contributed by atoms with Crippen LogP contribution in [0.5, 0.6) is 0 Å². The summed E-state index contributed by atoms with van der Waals surface area (Å²) in [5, 5.41) is 35.1. The van der Waals surface area contributed by atoms with E-state index in [9.17, 15) is 34.5 Å². The Bertz CT molecular complexity index is 581. The number of aliphatic hydroxyl groups is 2. The molecule has 0 fully saturated rings. The maximum Gasteiger partial charge on any atom is 0.326 e. The Kier molecular flexibility index (Phi) is 11.4. The van der Waals surface area contributed by atoms with Crippen molar-refractivity contribution in [2.75, 3.05) is 6.61 Å². The fourth-order valence-electron chi connectivity index (χ4n) is 2.42. The smallest absolute Gasteiger partial charge is 0.326 e. The van der Waals surface area contributed by atoms with Crippen molar-refractivity contribution in [3.05, 3.63) is 0 Å². The summed E-state index contributed by atoms with van der Waals surface area (Å²) in [6.07, 6.45) is -0.952. The van der Waals surface area contributed by atoms with E-state index in [-0.39, 0.29) is 12.3 Å². The number of carboxylic acid groups (broad SMARTS) is 1. The van der Waals surface area contributed by atoms with Crippen LogP contribution < -0.4 is 21.7 Å². The quantitative estimate of drug-likeness (QED) is 0.188. The molecular formula is C18H34N4O7. The number of nitrogens with one attached hydrogen (secondary N) is 3. The van der Waals surface area contributed by atoms with E-state index in [1.807, 2.05) is 13.8 Å². The van der Waals surface area contributed by atoms with Gasteiger partial charge in [-0.15, -0.1) is 0 Å². The zero-order chi connectivity index (χ0) is 22.9. The average molecular weight is 418 g/mol. The van der Waals surface area contributed by atoms with Crippen molar-refractivity contribution in [1.29, 1.82) is 0 Å². The zero-order valence-corrected chi connectivity index (χ0v) is 17.5. The van der Waals surface area contributed by atoms with Gasteiger partial charge in [0.2, 0.25) is 17.7 Å². The monoisotopic (exact) mass is 418 g/mol. The minimum atomic E-state index is -1.40. The van der Waals surface area contributed by atoms with Crippen molar-refractivity contribution >= 4 is 23.7 Å². The van der Waals surface area contributed by atoms with Crippen molar-refractivity contribution in [1.82, 2.24) is 16.0 Å². The summed E-state index contributed by atoms with van der Waals surface area (Å²) in [5.74, 6) is -3.94. The molecule has 0 spiro atoms. The second-order valence-corrected chi connectivity index (χ2v) is 7.77. The first-order valence-corrected chi connectivity index (χ1v) is 9.50. The third-order valence-electron chi connectivity index (χ3n) is 4.21. The molecule has 0 saturated carbocycles. The topological polar surface area (TPSA) is 191 Å². The highest BCUT2D eigenvalue weighted by atomic mass is 16.4. The highest BCUT2D eigenvalue weighted by Gasteiger charge is 2.32. The van der Waals surface area contributed by atoms with Crippen molar-refractivity contribution in [3.63, 3.8) is 0 Å². The summed E-state index contributed by atoms with van der Waals surface area (Å²) >= 11 is 0. The van der Waals surface area contributed by atoms with E-state index < -0.39 is 66.5 Å². The molecule has 5 atom stereocenters. The molecule has 3 amide bonds. The molecule has 0 aliphatic heterocycles. The molecule has 0 aliphatic carbocycles. The van der Waals surface area contributed by atoms with Gasteiger partial charge in [-0.1, -0.05) is 27.7 Å². The minimum Gasteiger partial charge on any atom is -0.480 e. The van der Waals surface area contributed by atoms with E-state index in [0.717, 1.165) is 0 Å². The molecule has 168 valence electrons. The first kappa shape index (κ1) is 26.8. The summed E-state index contributed by atoms with van der Waals surface area (Å²) in [5.41, 5.74) is 5.49. The van der Waals surface area contributed by atoms with Crippen LogP contribution in [0.1, 0.15) is 41.0 Å². The summed E-state index contributed by atoms with van der Waals surface area (Å²) < 4.78 is 0. The molecule has 0 rings (SSSR count). The Labute approximate surface area is 170 Å². The van der Waals surface area contributed by atoms with Crippen LogP contribution in [0, 0.1) is 11.8 Å². The Balaban J connectivity index is 5.20. The SMILES string of the molecule is CC(C)CC(NC(=O)C(NC(=O)C(CO)NC(=O)C(N)C(C)O)C(C)C)C(=O)O. The molecule has 0 heterocycles. The van der Waals surface area contributed by atoms with Gasteiger partial charge in [-0.2, -0.15) is 0 Å². The van der Waals surface area contributed by atoms with Crippen LogP contribution in [-0.2, 0) is 19.2 Å². The van der Waals surface area contributed by atoms with Crippen LogP contribution >= 0.6 is 0 Å². The highest BCUT2D eigenvalue weighted by Crippen LogP contribution is 2.08. The molecule has 29 heavy (non-hydrogen) atoms. The van der Waals surface area contributed by atoms with Gasteiger partial charge >= 0.3 is 5.97 Å². The van der Waals surface area contributed by atoms with Gasteiger partial charge in [0.05, 0.1) is 12.7 Å². The second kappa shape index (κ2) is 12.3. The fraction of sp³-hybridized carbons (Fsp3) is 0.778. The predicted molar refractivity (Wildman–Crippen MR) is 104 cm³/mol. The van der Waals surface area contributed by atoms with Crippen LogP contribution in [0.25, 0.3) is 0 Å². The van der Waals surface area contributed by atoms with Gasteiger partial charge in [0, 0.05) is 0 Å². The number of aliphatic carboxylic acids is 1. The molecule has 11 heteroatoms. The predicted octanol–water partition coefficient (Wildman–Crippen LogP) is -2.07. The summed E-state index contributed by atoms with van der Waals surface area (Å²) in [4.78, 5) is 48.3. The summed E-state index contributed by atoms with van der Waals surface area (Å²) in [6.45, 7) is 7.47. The van der Waals surface area contributed by atoms with Crippen LogP contribution in [0.2, 0.25) is 0 Å². The molecule has 0 radical (unpaired) electrons. The molecule has 0 aromatic carbocycles. The number of amides is 3. The van der Waals surface area contributed by atoms with Gasteiger partial charge in [-0.05, 0) is 25.2 Å². The van der Waals surface area contributed by atoms with Crippen LogP contribution in [-0.4, -0.2) is 75.9 Å². The molecule has 0 saturated heterocycles. The first-order chi connectivity index (χ1) is 13.3. The van der Waals surface area contributed by atoms with Gasteiger partial charge in [0.1, 0.15) is 24.2 Å².